The molecule has 1 aliphatic heterocycles. The predicted octanol–water partition coefficient (Wildman–Crippen LogP) is 2.20. The molecule has 0 radical (unpaired) electrons. The van der Waals surface area contributed by atoms with E-state index in [1.807, 2.05) is 48.5 Å². The molecule has 0 unspecified atom stereocenters. The van der Waals surface area contributed by atoms with Crippen molar-refractivity contribution in [2.45, 2.75) is 25.4 Å². The predicted molar refractivity (Wildman–Crippen MR) is 115 cm³/mol. The fourth-order valence-electron chi connectivity index (χ4n) is 4.35. The number of aromatic hydroxyl groups is 1. The molecule has 152 valence electrons. The highest BCUT2D eigenvalue weighted by Crippen LogP contribution is 2.34. The van der Waals surface area contributed by atoms with E-state index < -0.39 is 17.3 Å². The lowest BCUT2D eigenvalue weighted by atomic mass is 9.95. The zero-order valence-electron chi connectivity index (χ0n) is 16.3. The molecule has 0 aliphatic carbocycles. The van der Waals surface area contributed by atoms with Crippen LogP contribution in [-0.4, -0.2) is 26.2 Å². The Morgan fingerprint density at radius 1 is 1.00 bits per heavy atom. The van der Waals surface area contributed by atoms with Crippen molar-refractivity contribution in [1.82, 2.24) is 19.9 Å². The zero-order chi connectivity index (χ0) is 20.7. The lowest BCUT2D eigenvalue weighted by Crippen LogP contribution is -2.39. The molecule has 5 rings (SSSR count). The van der Waals surface area contributed by atoms with Gasteiger partial charge in [-0.25, -0.2) is 4.79 Å². The molecule has 0 saturated carbocycles. The molecule has 4 aromatic rings. The smallest absolute Gasteiger partial charge is 0.331 e. The van der Waals surface area contributed by atoms with Crippen LogP contribution in [0.3, 0.4) is 0 Å². The molecular weight excluding hydrogens is 380 g/mol. The summed E-state index contributed by atoms with van der Waals surface area (Å²) in [6.07, 6.45) is 1.39. The van der Waals surface area contributed by atoms with E-state index in [1.54, 1.807) is 0 Å². The van der Waals surface area contributed by atoms with Crippen LogP contribution < -0.4 is 16.6 Å². The molecule has 4 N–H and O–H groups in total. The number of fused-ring (bicyclic) bond motifs is 3. The second-order valence-electron chi connectivity index (χ2n) is 7.58. The van der Waals surface area contributed by atoms with Crippen molar-refractivity contribution in [2.75, 3.05) is 6.54 Å². The van der Waals surface area contributed by atoms with Crippen molar-refractivity contribution >= 4 is 10.9 Å². The number of H-pyrrole nitrogens is 2. The molecule has 0 spiro atoms. The first kappa shape index (κ1) is 18.4. The Balaban J connectivity index is 1.59. The molecule has 0 amide bonds. The quantitative estimate of drug-likeness (QED) is 0.420. The summed E-state index contributed by atoms with van der Waals surface area (Å²) < 4.78 is 1.24. The van der Waals surface area contributed by atoms with E-state index in [1.165, 1.54) is 4.57 Å². The fourth-order valence-corrected chi connectivity index (χ4v) is 4.35. The maximum absolute atomic E-state index is 12.7. The highest BCUT2D eigenvalue weighted by atomic mass is 16.3. The van der Waals surface area contributed by atoms with E-state index >= 15 is 0 Å². The van der Waals surface area contributed by atoms with Gasteiger partial charge in [-0.05, 0) is 30.0 Å². The van der Waals surface area contributed by atoms with E-state index in [2.05, 4.69) is 21.4 Å². The van der Waals surface area contributed by atoms with Crippen LogP contribution >= 0.6 is 0 Å². The van der Waals surface area contributed by atoms with Gasteiger partial charge in [-0.2, -0.15) is 0 Å². The van der Waals surface area contributed by atoms with Crippen LogP contribution in [0.2, 0.25) is 0 Å². The fraction of sp³-hybridized carbons (Fsp3) is 0.217. The summed E-state index contributed by atoms with van der Waals surface area (Å²) in [4.78, 5) is 30.9. The number of hydrogen-bond acceptors (Lipinski definition) is 4. The average molecular weight is 402 g/mol. The third kappa shape index (κ3) is 3.04. The van der Waals surface area contributed by atoms with E-state index in [4.69, 9.17) is 0 Å². The van der Waals surface area contributed by atoms with Gasteiger partial charge in [-0.15, -0.1) is 0 Å². The normalized spacial score (nSPS) is 15.9. The minimum Gasteiger partial charge on any atom is -0.494 e. The molecule has 2 aromatic carbocycles. The largest absolute Gasteiger partial charge is 0.494 e. The average Bonchev–Trinajstić information content (AvgIpc) is 3.14. The van der Waals surface area contributed by atoms with Crippen LogP contribution in [0.5, 0.6) is 5.88 Å². The van der Waals surface area contributed by atoms with Gasteiger partial charge in [0.05, 0.1) is 6.04 Å². The Morgan fingerprint density at radius 2 is 1.77 bits per heavy atom. The molecule has 1 atom stereocenters. The third-order valence-corrected chi connectivity index (χ3v) is 5.82. The summed E-state index contributed by atoms with van der Waals surface area (Å²) in [7, 11) is 0. The number of nitrogens with zero attached hydrogens (tertiary/aromatic N) is 1. The lowest BCUT2D eigenvalue weighted by molar-refractivity contribution is 0.382. The molecule has 0 bridgehead atoms. The van der Waals surface area contributed by atoms with Gasteiger partial charge in [0.2, 0.25) is 5.88 Å². The van der Waals surface area contributed by atoms with E-state index in [0.29, 0.717) is 13.0 Å². The number of aryl methyl sites for hydroxylation is 1. The number of aromatic nitrogens is 3. The van der Waals surface area contributed by atoms with Gasteiger partial charge < -0.3 is 15.4 Å². The Hall–Kier alpha value is -3.58. The number of benzene rings is 2. The highest BCUT2D eigenvalue weighted by molar-refractivity contribution is 5.85. The Labute approximate surface area is 172 Å². The van der Waals surface area contributed by atoms with Crippen molar-refractivity contribution in [3.63, 3.8) is 0 Å². The van der Waals surface area contributed by atoms with Crippen molar-refractivity contribution < 1.29 is 5.11 Å². The van der Waals surface area contributed by atoms with E-state index in [0.717, 1.165) is 34.1 Å². The van der Waals surface area contributed by atoms with Crippen LogP contribution in [-0.2, 0) is 19.4 Å². The van der Waals surface area contributed by atoms with Crippen LogP contribution in [0.25, 0.3) is 10.9 Å². The molecule has 3 heterocycles. The highest BCUT2D eigenvalue weighted by Gasteiger charge is 2.30. The zero-order valence-corrected chi connectivity index (χ0v) is 16.3. The maximum atomic E-state index is 12.7. The SMILES string of the molecule is O=c1[nH]c(=O)n(CCc2ccccc2)c(O)c1[C@@H]1NCCc2c1[nH]c1ccccc21. The summed E-state index contributed by atoms with van der Waals surface area (Å²) in [5, 5.41) is 15.4. The molecule has 30 heavy (non-hydrogen) atoms. The van der Waals surface area contributed by atoms with Gasteiger partial charge in [0.15, 0.2) is 0 Å². The summed E-state index contributed by atoms with van der Waals surface area (Å²) in [5.41, 5.74) is 3.01. The lowest BCUT2D eigenvalue weighted by Gasteiger charge is -2.25. The Morgan fingerprint density at radius 3 is 2.60 bits per heavy atom. The standard InChI is InChI=1S/C23H22N4O3/c28-21-18(20-19-16(10-12-24-20)15-8-4-5-9-17(15)25-19)22(29)27(23(30)26-21)13-11-14-6-2-1-3-7-14/h1-9,20,24-25,29H,10-13H2,(H,26,28,30)/t20-/m0/s1. The van der Waals surface area contributed by atoms with Gasteiger partial charge >= 0.3 is 5.69 Å². The monoisotopic (exact) mass is 402 g/mol. The van der Waals surface area contributed by atoms with Crippen molar-refractivity contribution in [1.29, 1.82) is 0 Å². The first-order valence-corrected chi connectivity index (χ1v) is 10.1. The minimum atomic E-state index is -0.607. The Bertz CT molecular complexity index is 1330. The van der Waals surface area contributed by atoms with Crippen molar-refractivity contribution in [3.8, 4) is 5.88 Å². The number of hydrogen-bond donors (Lipinski definition) is 4. The van der Waals surface area contributed by atoms with Crippen LogP contribution in [0.1, 0.15) is 28.4 Å². The summed E-state index contributed by atoms with van der Waals surface area (Å²) >= 11 is 0. The van der Waals surface area contributed by atoms with Crippen LogP contribution in [0.4, 0.5) is 0 Å². The van der Waals surface area contributed by atoms with Crippen LogP contribution in [0, 0.1) is 0 Å². The van der Waals surface area contributed by atoms with Gasteiger partial charge in [0.25, 0.3) is 5.56 Å². The summed E-state index contributed by atoms with van der Waals surface area (Å²) in [6.45, 7) is 0.937. The van der Waals surface area contributed by atoms with Gasteiger partial charge in [0, 0.05) is 29.7 Å². The van der Waals surface area contributed by atoms with E-state index in [9.17, 15) is 14.7 Å². The molecule has 2 aromatic heterocycles. The number of para-hydroxylation sites is 1. The van der Waals surface area contributed by atoms with Gasteiger partial charge in [-0.3, -0.25) is 14.3 Å². The first-order chi connectivity index (χ1) is 14.6. The van der Waals surface area contributed by atoms with Crippen LogP contribution in [0.15, 0.2) is 64.2 Å². The maximum Gasteiger partial charge on any atom is 0.331 e. The molecule has 1 aliphatic rings. The second-order valence-corrected chi connectivity index (χ2v) is 7.58. The molecule has 0 fully saturated rings. The first-order valence-electron chi connectivity index (χ1n) is 10.1. The minimum absolute atomic E-state index is 0.162. The van der Waals surface area contributed by atoms with Gasteiger partial charge in [-0.1, -0.05) is 48.5 Å². The molecule has 7 nitrogen and oxygen atoms in total. The number of nitrogens with one attached hydrogen (secondary N) is 3. The summed E-state index contributed by atoms with van der Waals surface area (Å²) in [5.74, 6) is -0.288. The second kappa shape index (κ2) is 7.35. The molecule has 0 saturated heterocycles. The van der Waals surface area contributed by atoms with E-state index in [-0.39, 0.29) is 18.0 Å². The number of rotatable bonds is 4. The topological polar surface area (TPSA) is 103 Å². The summed E-state index contributed by atoms with van der Waals surface area (Å²) in [6, 6.07) is 17.2. The third-order valence-electron chi connectivity index (χ3n) is 5.82. The van der Waals surface area contributed by atoms with Crippen molar-refractivity contribution in [2.24, 2.45) is 0 Å². The van der Waals surface area contributed by atoms with Crippen molar-refractivity contribution in [3.05, 3.63) is 97.8 Å². The van der Waals surface area contributed by atoms with Gasteiger partial charge in [0.1, 0.15) is 5.56 Å². The Kier molecular flexibility index (Phi) is 4.52. The molecule has 7 heteroatoms. The molecular formula is C23H22N4O3. The number of aromatic amines is 2.